The van der Waals surface area contributed by atoms with Crippen LogP contribution in [-0.2, 0) is 28.9 Å². The Balaban J connectivity index is 1.49. The number of benzene rings is 2. The van der Waals surface area contributed by atoms with Gasteiger partial charge in [0.15, 0.2) is 17.4 Å². The third-order valence-electron chi connectivity index (χ3n) is 5.67. The molecule has 0 aliphatic heterocycles. The van der Waals surface area contributed by atoms with Crippen LogP contribution in [0.1, 0.15) is 55.1 Å². The average molecular weight is 520 g/mol. The maximum Gasteiger partial charge on any atom is 0.416 e. The van der Waals surface area contributed by atoms with Gasteiger partial charge in [-0.3, -0.25) is 9.69 Å². The lowest BCUT2D eigenvalue weighted by Crippen LogP contribution is -2.39. The number of rotatable bonds is 8. The van der Waals surface area contributed by atoms with Crippen LogP contribution in [0.2, 0.25) is 0 Å². The molecule has 9 nitrogen and oxygen atoms in total. The highest BCUT2D eigenvalue weighted by Gasteiger charge is 2.24. The molecule has 0 aliphatic rings. The molecule has 4 aromatic rings. The molecule has 0 unspecified atom stereocenters. The highest BCUT2D eigenvalue weighted by molar-refractivity contribution is 5.80. The van der Waals surface area contributed by atoms with Crippen LogP contribution >= 0.6 is 0 Å². The van der Waals surface area contributed by atoms with Gasteiger partial charge >= 0.3 is 12.1 Å². The first kappa shape index (κ1) is 26.9. The Morgan fingerprint density at radius 3 is 2.34 bits per heavy atom. The summed E-state index contributed by atoms with van der Waals surface area (Å²) in [6.07, 6.45) is 0.570. The fourth-order valence-corrected chi connectivity index (χ4v) is 3.96. The lowest BCUT2D eigenvalue weighted by molar-refractivity contribution is -0.155. The van der Waals surface area contributed by atoms with Crippen LogP contribution in [0.4, 0.5) is 4.79 Å². The topological polar surface area (TPSA) is 108 Å². The predicted octanol–water partition coefficient (Wildman–Crippen LogP) is 5.87. The zero-order valence-electron chi connectivity index (χ0n) is 22.7. The van der Waals surface area contributed by atoms with Crippen LogP contribution in [-0.4, -0.2) is 39.1 Å². The van der Waals surface area contributed by atoms with Gasteiger partial charge in [-0.25, -0.2) is 14.8 Å². The van der Waals surface area contributed by atoms with Crippen LogP contribution in [0.5, 0.6) is 5.75 Å². The number of hydrogen-bond donors (Lipinski definition) is 0. The van der Waals surface area contributed by atoms with Gasteiger partial charge in [0.05, 0.1) is 5.69 Å². The number of esters is 1. The third-order valence-corrected chi connectivity index (χ3v) is 5.67. The Morgan fingerprint density at radius 2 is 1.68 bits per heavy atom. The highest BCUT2D eigenvalue weighted by Crippen LogP contribution is 2.21. The molecule has 0 N–H and O–H groups in total. The monoisotopic (exact) mass is 519 g/mol. The van der Waals surface area contributed by atoms with Gasteiger partial charge in [-0.1, -0.05) is 23.8 Å². The second kappa shape index (κ2) is 11.1. The number of fused-ring (bicyclic) bond motifs is 1. The molecule has 0 saturated carbocycles. The summed E-state index contributed by atoms with van der Waals surface area (Å²) in [5.41, 5.74) is 3.32. The number of ether oxygens (including phenoxy) is 2. The van der Waals surface area contributed by atoms with Crippen molar-refractivity contribution in [2.24, 2.45) is 0 Å². The molecule has 4 rings (SSSR count). The molecule has 0 fully saturated rings. The van der Waals surface area contributed by atoms with Crippen LogP contribution in [0.3, 0.4) is 0 Å². The first-order valence-electron chi connectivity index (χ1n) is 12.5. The Kier molecular flexibility index (Phi) is 7.85. The summed E-state index contributed by atoms with van der Waals surface area (Å²) >= 11 is 0. The molecule has 9 heteroatoms. The molecular formula is C29H33N3O6. The van der Waals surface area contributed by atoms with Gasteiger partial charge in [-0.15, -0.1) is 0 Å². The number of aromatic nitrogens is 2. The predicted molar refractivity (Wildman–Crippen MR) is 141 cm³/mol. The molecule has 200 valence electrons. The fraction of sp³-hybridized carbons (Fsp3) is 0.379. The van der Waals surface area contributed by atoms with Crippen molar-refractivity contribution in [3.63, 3.8) is 0 Å². The van der Waals surface area contributed by atoms with Gasteiger partial charge in [0.25, 0.3) is 0 Å². The molecule has 0 bridgehead atoms. The largest absolute Gasteiger partial charge is 0.459 e. The number of carbonyl (C=O) groups excluding carboxylic acids is 2. The Morgan fingerprint density at radius 1 is 0.947 bits per heavy atom. The SMILES string of the molecule is Cc1ccc(OC(=O)N(CC(=O)OC(C)(C)C)Cc2ccc3oc(CCc4nc(C)oc4C)nc3c2)cc1. The first-order chi connectivity index (χ1) is 17.9. The molecule has 0 radical (unpaired) electrons. The van der Waals surface area contributed by atoms with Crippen LogP contribution in [0, 0.1) is 20.8 Å². The molecule has 0 atom stereocenters. The van der Waals surface area contributed by atoms with E-state index in [1.54, 1.807) is 32.9 Å². The minimum absolute atomic E-state index is 0.124. The molecule has 2 aromatic heterocycles. The van der Waals surface area contributed by atoms with Crippen molar-refractivity contribution >= 4 is 23.2 Å². The van der Waals surface area contributed by atoms with Crippen LogP contribution in [0.15, 0.2) is 51.3 Å². The van der Waals surface area contributed by atoms with E-state index in [-0.39, 0.29) is 13.1 Å². The first-order valence-corrected chi connectivity index (χ1v) is 12.5. The van der Waals surface area contributed by atoms with Crippen molar-refractivity contribution in [1.29, 1.82) is 0 Å². The number of nitrogens with zero attached hydrogens (tertiary/aromatic N) is 3. The van der Waals surface area contributed by atoms with Gasteiger partial charge < -0.3 is 18.3 Å². The summed E-state index contributed by atoms with van der Waals surface area (Å²) in [5.74, 6) is 1.88. The van der Waals surface area contributed by atoms with E-state index in [0.29, 0.717) is 41.5 Å². The van der Waals surface area contributed by atoms with E-state index in [9.17, 15) is 9.59 Å². The van der Waals surface area contributed by atoms with E-state index in [1.165, 1.54) is 4.90 Å². The van der Waals surface area contributed by atoms with Crippen molar-refractivity contribution in [2.45, 2.75) is 66.5 Å². The minimum atomic E-state index is -0.678. The summed E-state index contributed by atoms with van der Waals surface area (Å²) in [4.78, 5) is 36.0. The second-order valence-electron chi connectivity index (χ2n) is 10.3. The maximum absolute atomic E-state index is 13.1. The zero-order valence-corrected chi connectivity index (χ0v) is 22.7. The van der Waals surface area contributed by atoms with E-state index < -0.39 is 17.7 Å². The summed E-state index contributed by atoms with van der Waals surface area (Å²) < 4.78 is 22.4. The van der Waals surface area contributed by atoms with Crippen molar-refractivity contribution in [3.05, 3.63) is 76.8 Å². The van der Waals surface area contributed by atoms with Crippen molar-refractivity contribution in [2.75, 3.05) is 6.54 Å². The van der Waals surface area contributed by atoms with E-state index >= 15 is 0 Å². The van der Waals surface area contributed by atoms with Crippen LogP contribution in [0.25, 0.3) is 11.1 Å². The van der Waals surface area contributed by atoms with Gasteiger partial charge in [0, 0.05) is 26.3 Å². The van der Waals surface area contributed by atoms with E-state index in [1.807, 2.05) is 51.1 Å². The molecule has 2 heterocycles. The van der Waals surface area contributed by atoms with Gasteiger partial charge in [0.1, 0.15) is 29.2 Å². The molecule has 0 aliphatic carbocycles. The minimum Gasteiger partial charge on any atom is -0.459 e. The summed E-state index contributed by atoms with van der Waals surface area (Å²) in [5, 5.41) is 0. The third kappa shape index (κ3) is 7.21. The van der Waals surface area contributed by atoms with Crippen molar-refractivity contribution in [1.82, 2.24) is 14.9 Å². The molecule has 2 aromatic carbocycles. The smallest absolute Gasteiger partial charge is 0.416 e. The number of carbonyl (C=O) groups is 2. The number of aryl methyl sites for hydroxylation is 5. The second-order valence-corrected chi connectivity index (χ2v) is 10.3. The van der Waals surface area contributed by atoms with Gasteiger partial charge in [0.2, 0.25) is 0 Å². The molecular weight excluding hydrogens is 486 g/mol. The van der Waals surface area contributed by atoms with Gasteiger partial charge in [-0.2, -0.15) is 0 Å². The zero-order chi connectivity index (χ0) is 27.4. The lowest BCUT2D eigenvalue weighted by atomic mass is 10.2. The number of hydrogen-bond acceptors (Lipinski definition) is 8. The highest BCUT2D eigenvalue weighted by atomic mass is 16.6. The normalized spacial score (nSPS) is 11.5. The number of oxazole rings is 2. The molecule has 0 saturated heterocycles. The van der Waals surface area contributed by atoms with Crippen LogP contribution < -0.4 is 4.74 Å². The van der Waals surface area contributed by atoms with E-state index in [2.05, 4.69) is 9.97 Å². The quantitative estimate of drug-likeness (QED) is 0.266. The van der Waals surface area contributed by atoms with E-state index in [4.69, 9.17) is 18.3 Å². The summed E-state index contributed by atoms with van der Waals surface area (Å²) in [7, 11) is 0. The average Bonchev–Trinajstić information content (AvgIpc) is 3.38. The number of amides is 1. The van der Waals surface area contributed by atoms with E-state index in [0.717, 1.165) is 22.6 Å². The standard InChI is InChI=1S/C29H33N3O6/c1-18-7-10-22(11-8-18)36-28(34)32(17-27(33)38-29(4,5)6)16-21-9-13-25-24(15-21)31-26(37-25)14-12-23-19(2)35-20(3)30-23/h7-11,13,15H,12,14,16-17H2,1-6H3. The van der Waals surface area contributed by atoms with Crippen molar-refractivity contribution in [3.8, 4) is 5.75 Å². The maximum atomic E-state index is 13.1. The summed E-state index contributed by atoms with van der Waals surface area (Å²) in [6.45, 7) is 10.9. The Hall–Kier alpha value is -4.14. The Labute approximate surface area is 221 Å². The lowest BCUT2D eigenvalue weighted by Gasteiger charge is -2.24. The fourth-order valence-electron chi connectivity index (χ4n) is 3.96. The van der Waals surface area contributed by atoms with Crippen molar-refractivity contribution < 1.29 is 27.9 Å². The molecule has 0 spiro atoms. The molecule has 38 heavy (non-hydrogen) atoms. The Bertz CT molecular complexity index is 1430. The summed E-state index contributed by atoms with van der Waals surface area (Å²) in [6, 6.07) is 12.6. The molecule has 1 amide bonds. The van der Waals surface area contributed by atoms with Gasteiger partial charge in [-0.05, 0) is 64.4 Å².